The summed E-state index contributed by atoms with van der Waals surface area (Å²) < 4.78 is 6.64. The van der Waals surface area contributed by atoms with Crippen LogP contribution in [0.3, 0.4) is 0 Å². The number of carbonyl (C=O) groups excluding carboxylic acids is 1. The lowest BCUT2D eigenvalue weighted by molar-refractivity contribution is 0.102. The number of carbonyl (C=O) groups is 1. The monoisotopic (exact) mass is 385 g/mol. The van der Waals surface area contributed by atoms with Crippen molar-refractivity contribution in [3.8, 4) is 11.5 Å². The van der Waals surface area contributed by atoms with Gasteiger partial charge in [0.1, 0.15) is 11.5 Å². The van der Waals surface area contributed by atoms with Crippen molar-refractivity contribution in [2.24, 2.45) is 0 Å². The molecule has 0 aliphatic rings. The first-order chi connectivity index (χ1) is 12.6. The zero-order valence-corrected chi connectivity index (χ0v) is 16.2. The lowest BCUT2D eigenvalue weighted by Crippen LogP contribution is -2.11. The molecular weight excluding hydrogens is 366 g/mol. The number of ether oxygens (including phenoxy) is 1. The van der Waals surface area contributed by atoms with Gasteiger partial charge >= 0.3 is 0 Å². The van der Waals surface area contributed by atoms with Gasteiger partial charge in [0, 0.05) is 11.3 Å². The van der Waals surface area contributed by atoms with Gasteiger partial charge in [0.15, 0.2) is 4.34 Å². The molecule has 0 spiro atoms. The number of amides is 1. The highest BCUT2D eigenvalue weighted by Crippen LogP contribution is 2.26. The summed E-state index contributed by atoms with van der Waals surface area (Å²) in [7, 11) is 0. The number of benzene rings is 2. The van der Waals surface area contributed by atoms with E-state index in [1.807, 2.05) is 31.2 Å². The minimum atomic E-state index is -0.213. The molecule has 0 aliphatic carbocycles. The highest BCUT2D eigenvalue weighted by molar-refractivity contribution is 8.01. The second kappa shape index (κ2) is 8.82. The molecule has 5 nitrogen and oxygen atoms in total. The summed E-state index contributed by atoms with van der Waals surface area (Å²) in [6.45, 7) is 4.14. The average molecular weight is 386 g/mol. The molecule has 7 heteroatoms. The van der Waals surface area contributed by atoms with Crippen LogP contribution in [0, 0.1) is 6.92 Å². The molecule has 1 heterocycles. The Labute approximate surface area is 160 Å². The normalized spacial score (nSPS) is 10.5. The molecule has 134 valence electrons. The van der Waals surface area contributed by atoms with Crippen LogP contribution < -0.4 is 10.1 Å². The molecule has 3 aromatic rings. The van der Waals surface area contributed by atoms with Gasteiger partial charge in [-0.25, -0.2) is 0 Å². The van der Waals surface area contributed by atoms with Gasteiger partial charge in [0.2, 0.25) is 5.13 Å². The quantitative estimate of drug-likeness (QED) is 0.436. The Morgan fingerprint density at radius 2 is 1.73 bits per heavy atom. The molecule has 1 amide bonds. The highest BCUT2D eigenvalue weighted by atomic mass is 32.2. The summed E-state index contributed by atoms with van der Waals surface area (Å²) >= 11 is 3.03. The highest BCUT2D eigenvalue weighted by Gasteiger charge is 2.11. The van der Waals surface area contributed by atoms with Gasteiger partial charge in [0.25, 0.3) is 5.91 Å². The first kappa shape index (κ1) is 18.4. The Morgan fingerprint density at radius 3 is 2.38 bits per heavy atom. The van der Waals surface area contributed by atoms with Crippen LogP contribution in [0.5, 0.6) is 11.5 Å². The molecule has 1 aromatic heterocycles. The van der Waals surface area contributed by atoms with Crippen molar-refractivity contribution in [2.75, 3.05) is 11.1 Å². The van der Waals surface area contributed by atoms with Crippen LogP contribution in [-0.2, 0) is 0 Å². The molecule has 0 fully saturated rings. The van der Waals surface area contributed by atoms with E-state index >= 15 is 0 Å². The number of hydrogen-bond donors (Lipinski definition) is 1. The van der Waals surface area contributed by atoms with Crippen LogP contribution >= 0.6 is 23.1 Å². The molecule has 0 unspecified atom stereocenters. The molecule has 0 bridgehead atoms. The number of nitrogens with one attached hydrogen (secondary N) is 1. The molecule has 0 aliphatic heterocycles. The van der Waals surface area contributed by atoms with Crippen molar-refractivity contribution < 1.29 is 9.53 Å². The third-order valence-electron chi connectivity index (χ3n) is 3.43. The van der Waals surface area contributed by atoms with Gasteiger partial charge in [-0.15, -0.1) is 10.2 Å². The van der Waals surface area contributed by atoms with E-state index in [1.165, 1.54) is 16.9 Å². The summed E-state index contributed by atoms with van der Waals surface area (Å²) in [4.78, 5) is 12.3. The largest absolute Gasteiger partial charge is 0.457 e. The molecule has 3 rings (SSSR count). The molecule has 2 aromatic carbocycles. The lowest BCUT2D eigenvalue weighted by Gasteiger charge is -2.07. The SMILES string of the molecule is CCCSc1nnc(NC(=O)c2ccc(Oc3ccc(C)cc3)cc2)s1. The Balaban J connectivity index is 1.59. The summed E-state index contributed by atoms with van der Waals surface area (Å²) in [5.41, 5.74) is 1.72. The van der Waals surface area contributed by atoms with Crippen molar-refractivity contribution >= 4 is 34.1 Å². The first-order valence-corrected chi connectivity index (χ1v) is 10.1. The van der Waals surface area contributed by atoms with Crippen molar-refractivity contribution in [3.63, 3.8) is 0 Å². The van der Waals surface area contributed by atoms with Crippen LogP contribution in [0.15, 0.2) is 52.9 Å². The van der Waals surface area contributed by atoms with E-state index in [-0.39, 0.29) is 5.91 Å². The third-order valence-corrected chi connectivity index (χ3v) is 5.61. The first-order valence-electron chi connectivity index (χ1n) is 8.26. The van der Waals surface area contributed by atoms with Crippen LogP contribution in [0.4, 0.5) is 5.13 Å². The molecule has 0 saturated heterocycles. The van der Waals surface area contributed by atoms with E-state index < -0.39 is 0 Å². The van der Waals surface area contributed by atoms with Crippen LogP contribution in [0.2, 0.25) is 0 Å². The van der Waals surface area contributed by atoms with Crippen molar-refractivity contribution in [2.45, 2.75) is 24.6 Å². The van der Waals surface area contributed by atoms with Gasteiger partial charge < -0.3 is 4.74 Å². The Morgan fingerprint density at radius 1 is 1.08 bits per heavy atom. The number of aromatic nitrogens is 2. The van der Waals surface area contributed by atoms with E-state index in [0.29, 0.717) is 16.4 Å². The minimum Gasteiger partial charge on any atom is -0.457 e. The van der Waals surface area contributed by atoms with Crippen LogP contribution in [0.1, 0.15) is 29.3 Å². The van der Waals surface area contributed by atoms with Crippen molar-refractivity contribution in [1.82, 2.24) is 10.2 Å². The van der Waals surface area contributed by atoms with Gasteiger partial charge in [0.05, 0.1) is 0 Å². The average Bonchev–Trinajstić information content (AvgIpc) is 3.10. The Hall–Kier alpha value is -2.38. The summed E-state index contributed by atoms with van der Waals surface area (Å²) in [6.07, 6.45) is 1.07. The van der Waals surface area contributed by atoms with Crippen LogP contribution in [0.25, 0.3) is 0 Å². The fraction of sp³-hybridized carbons (Fsp3) is 0.211. The van der Waals surface area contributed by atoms with Crippen LogP contribution in [-0.4, -0.2) is 21.9 Å². The van der Waals surface area contributed by atoms with Crippen molar-refractivity contribution in [1.29, 1.82) is 0 Å². The topological polar surface area (TPSA) is 64.1 Å². The molecular formula is C19H19N3O2S2. The fourth-order valence-corrected chi connectivity index (χ4v) is 3.77. The second-order valence-electron chi connectivity index (χ2n) is 5.62. The number of thioether (sulfide) groups is 1. The Kier molecular flexibility index (Phi) is 6.25. The number of anilines is 1. The van der Waals surface area contributed by atoms with E-state index in [1.54, 1.807) is 36.0 Å². The maximum Gasteiger partial charge on any atom is 0.257 e. The maximum absolute atomic E-state index is 12.3. The summed E-state index contributed by atoms with van der Waals surface area (Å²) in [5.74, 6) is 2.22. The summed E-state index contributed by atoms with van der Waals surface area (Å²) in [6, 6.07) is 14.8. The predicted octanol–water partition coefficient (Wildman–Crippen LogP) is 5.39. The third kappa shape index (κ3) is 5.06. The molecule has 0 atom stereocenters. The number of rotatable bonds is 7. The molecule has 0 saturated carbocycles. The van der Waals surface area contributed by atoms with Gasteiger partial charge in [-0.05, 0) is 49.7 Å². The van der Waals surface area contributed by atoms with Gasteiger partial charge in [-0.1, -0.05) is 47.7 Å². The standard InChI is InChI=1S/C19H19N3O2S2/c1-3-12-25-19-22-21-18(26-19)20-17(23)14-6-10-16(11-7-14)24-15-8-4-13(2)5-9-15/h4-11H,3,12H2,1-2H3,(H,20,21,23). The van der Waals surface area contributed by atoms with E-state index in [9.17, 15) is 4.79 Å². The van der Waals surface area contributed by atoms with Gasteiger partial charge in [-0.3, -0.25) is 10.1 Å². The predicted molar refractivity (Wildman–Crippen MR) is 107 cm³/mol. The number of aryl methyl sites for hydroxylation is 1. The molecule has 0 radical (unpaired) electrons. The van der Waals surface area contributed by atoms with Crippen molar-refractivity contribution in [3.05, 3.63) is 59.7 Å². The fourth-order valence-electron chi connectivity index (χ4n) is 2.09. The lowest BCUT2D eigenvalue weighted by atomic mass is 10.2. The number of hydrogen-bond acceptors (Lipinski definition) is 6. The second-order valence-corrected chi connectivity index (χ2v) is 7.93. The zero-order valence-electron chi connectivity index (χ0n) is 14.6. The van der Waals surface area contributed by atoms with E-state index in [0.717, 1.165) is 22.3 Å². The minimum absolute atomic E-state index is 0.213. The molecule has 1 N–H and O–H groups in total. The molecule has 26 heavy (non-hydrogen) atoms. The summed E-state index contributed by atoms with van der Waals surface area (Å²) in [5, 5.41) is 11.4. The van der Waals surface area contributed by atoms with Gasteiger partial charge in [-0.2, -0.15) is 0 Å². The zero-order chi connectivity index (χ0) is 18.4. The van der Waals surface area contributed by atoms with E-state index in [2.05, 4.69) is 22.4 Å². The maximum atomic E-state index is 12.3. The number of nitrogens with zero attached hydrogens (tertiary/aromatic N) is 2. The van der Waals surface area contributed by atoms with E-state index in [4.69, 9.17) is 4.74 Å². The Bertz CT molecular complexity index is 861. The smallest absolute Gasteiger partial charge is 0.257 e.